The minimum atomic E-state index is -4.14. The van der Waals surface area contributed by atoms with E-state index in [2.05, 4.69) is 4.98 Å². The highest BCUT2D eigenvalue weighted by Crippen LogP contribution is 2.29. The maximum Gasteiger partial charge on any atom is 0.296 e. The fraction of sp³-hybridized carbons (Fsp3) is 0.545. The minimum absolute atomic E-state index is 0.0399. The molecule has 4 nitrogen and oxygen atoms in total. The number of nitrogens with zero attached hydrogens (tertiary/aromatic N) is 1. The molecule has 1 aromatic heterocycles. The van der Waals surface area contributed by atoms with Crippen molar-refractivity contribution in [2.75, 3.05) is 0 Å². The monoisotopic (exact) mass is 241 g/mol. The summed E-state index contributed by atoms with van der Waals surface area (Å²) in [6.45, 7) is 0. The quantitative estimate of drug-likeness (QED) is 0.822. The van der Waals surface area contributed by atoms with Gasteiger partial charge in [-0.05, 0) is 24.5 Å². The van der Waals surface area contributed by atoms with Crippen LogP contribution in [-0.2, 0) is 16.5 Å². The Hall–Kier alpha value is -0.940. The van der Waals surface area contributed by atoms with Crippen LogP contribution in [0.1, 0.15) is 31.4 Å². The molecular formula is C11H15NO3S. The summed E-state index contributed by atoms with van der Waals surface area (Å²) >= 11 is 0. The second-order valence-corrected chi connectivity index (χ2v) is 5.67. The van der Waals surface area contributed by atoms with Gasteiger partial charge >= 0.3 is 0 Å². The van der Waals surface area contributed by atoms with E-state index in [1.807, 2.05) is 0 Å². The molecule has 1 aromatic rings. The van der Waals surface area contributed by atoms with Crippen LogP contribution in [0.4, 0.5) is 0 Å². The van der Waals surface area contributed by atoms with E-state index >= 15 is 0 Å². The topological polar surface area (TPSA) is 67.3 Å². The lowest BCUT2D eigenvalue weighted by atomic mass is 10.0. The van der Waals surface area contributed by atoms with Gasteiger partial charge in [-0.25, -0.2) is 0 Å². The van der Waals surface area contributed by atoms with Gasteiger partial charge in [0.25, 0.3) is 10.1 Å². The molecule has 1 fully saturated rings. The van der Waals surface area contributed by atoms with Crippen molar-refractivity contribution in [3.8, 4) is 0 Å². The lowest BCUT2D eigenvalue weighted by molar-refractivity contribution is 0.477. The van der Waals surface area contributed by atoms with Crippen molar-refractivity contribution < 1.29 is 13.0 Å². The summed E-state index contributed by atoms with van der Waals surface area (Å²) in [5.41, 5.74) is 0.497. The molecule has 5 heteroatoms. The third kappa shape index (κ3) is 2.59. The van der Waals surface area contributed by atoms with Crippen molar-refractivity contribution in [2.45, 2.75) is 37.0 Å². The number of aromatic nitrogens is 1. The van der Waals surface area contributed by atoms with Crippen LogP contribution in [0.3, 0.4) is 0 Å². The van der Waals surface area contributed by atoms with Crippen molar-refractivity contribution in [3.05, 3.63) is 24.0 Å². The first-order valence-corrected chi connectivity index (χ1v) is 6.93. The fourth-order valence-corrected chi connectivity index (χ4v) is 2.98. The van der Waals surface area contributed by atoms with E-state index in [0.717, 1.165) is 12.8 Å². The van der Waals surface area contributed by atoms with Crippen LogP contribution in [0.15, 0.2) is 23.2 Å². The maximum absolute atomic E-state index is 11.1. The van der Waals surface area contributed by atoms with Crippen LogP contribution < -0.4 is 0 Å². The molecule has 0 radical (unpaired) electrons. The molecule has 1 saturated carbocycles. The Morgan fingerprint density at radius 1 is 1.38 bits per heavy atom. The van der Waals surface area contributed by atoms with E-state index in [-0.39, 0.29) is 4.90 Å². The molecule has 0 unspecified atom stereocenters. The molecule has 0 spiro atoms. The van der Waals surface area contributed by atoms with Gasteiger partial charge < -0.3 is 0 Å². The molecule has 1 heterocycles. The molecule has 88 valence electrons. The van der Waals surface area contributed by atoms with E-state index < -0.39 is 10.1 Å². The second-order valence-electron chi connectivity index (χ2n) is 4.28. The molecule has 1 aliphatic rings. The number of rotatable bonds is 3. The Kier molecular flexibility index (Phi) is 3.25. The lowest BCUT2D eigenvalue weighted by Gasteiger charge is -2.10. The summed E-state index contributed by atoms with van der Waals surface area (Å²) in [6, 6.07) is 2.94. The summed E-state index contributed by atoms with van der Waals surface area (Å²) in [7, 11) is -4.14. The van der Waals surface area contributed by atoms with Crippen LogP contribution in [0.25, 0.3) is 0 Å². The van der Waals surface area contributed by atoms with Crippen LogP contribution in [0.2, 0.25) is 0 Å². The van der Waals surface area contributed by atoms with E-state index in [1.54, 1.807) is 6.20 Å². The first-order chi connectivity index (χ1) is 7.57. The van der Waals surface area contributed by atoms with Crippen molar-refractivity contribution in [1.29, 1.82) is 0 Å². The summed E-state index contributed by atoms with van der Waals surface area (Å²) in [6.07, 6.45) is 6.88. The van der Waals surface area contributed by atoms with Crippen molar-refractivity contribution >= 4 is 10.1 Å². The Bertz CT molecular complexity index is 464. The summed E-state index contributed by atoms with van der Waals surface area (Å²) in [4.78, 5) is 4.03. The Morgan fingerprint density at radius 3 is 2.69 bits per heavy atom. The average molecular weight is 241 g/mol. The molecular weight excluding hydrogens is 226 g/mol. The van der Waals surface area contributed by atoms with Gasteiger partial charge in [0.05, 0.1) is 5.69 Å². The van der Waals surface area contributed by atoms with E-state index in [1.165, 1.54) is 25.0 Å². The normalized spacial score (nSPS) is 17.8. The zero-order chi connectivity index (χ0) is 11.6. The first kappa shape index (κ1) is 11.5. The van der Waals surface area contributed by atoms with Gasteiger partial charge in [-0.2, -0.15) is 8.42 Å². The van der Waals surface area contributed by atoms with Gasteiger partial charge in [0.1, 0.15) is 4.90 Å². The van der Waals surface area contributed by atoms with Gasteiger partial charge in [0.2, 0.25) is 0 Å². The minimum Gasteiger partial charge on any atom is -0.282 e. The lowest BCUT2D eigenvalue weighted by Crippen LogP contribution is -2.08. The summed E-state index contributed by atoms with van der Waals surface area (Å²) < 4.78 is 31.4. The first-order valence-electron chi connectivity index (χ1n) is 5.49. The van der Waals surface area contributed by atoms with Gasteiger partial charge in [-0.3, -0.25) is 9.54 Å². The Labute approximate surface area is 95.5 Å². The van der Waals surface area contributed by atoms with Gasteiger partial charge in [0.15, 0.2) is 0 Å². The predicted octanol–water partition coefficient (Wildman–Crippen LogP) is 2.06. The molecule has 0 bridgehead atoms. The molecule has 0 saturated heterocycles. The number of hydrogen-bond acceptors (Lipinski definition) is 3. The smallest absolute Gasteiger partial charge is 0.282 e. The summed E-state index contributed by atoms with van der Waals surface area (Å²) in [5, 5.41) is 0. The van der Waals surface area contributed by atoms with Gasteiger partial charge in [-0.15, -0.1) is 0 Å². The van der Waals surface area contributed by atoms with Crippen molar-refractivity contribution in [3.63, 3.8) is 0 Å². The second kappa shape index (κ2) is 4.51. The molecule has 0 aliphatic heterocycles. The van der Waals surface area contributed by atoms with E-state index in [0.29, 0.717) is 18.0 Å². The van der Waals surface area contributed by atoms with Crippen LogP contribution >= 0.6 is 0 Å². The number of hydrogen-bond donors (Lipinski definition) is 1. The van der Waals surface area contributed by atoms with Gasteiger partial charge in [-0.1, -0.05) is 25.7 Å². The third-order valence-electron chi connectivity index (χ3n) is 3.08. The van der Waals surface area contributed by atoms with E-state index in [9.17, 15) is 8.42 Å². The molecule has 16 heavy (non-hydrogen) atoms. The molecule has 1 aliphatic carbocycles. The van der Waals surface area contributed by atoms with E-state index in [4.69, 9.17) is 4.55 Å². The van der Waals surface area contributed by atoms with Gasteiger partial charge in [0, 0.05) is 6.20 Å². The van der Waals surface area contributed by atoms with Crippen LogP contribution in [-0.4, -0.2) is 18.0 Å². The fourth-order valence-electron chi connectivity index (χ4n) is 2.30. The maximum atomic E-state index is 11.1. The highest BCUT2D eigenvalue weighted by molar-refractivity contribution is 7.85. The van der Waals surface area contributed by atoms with Crippen LogP contribution in [0, 0.1) is 5.92 Å². The third-order valence-corrected chi connectivity index (χ3v) is 4.01. The molecule has 2 rings (SSSR count). The zero-order valence-corrected chi connectivity index (χ0v) is 9.78. The van der Waals surface area contributed by atoms with Crippen LogP contribution in [0.5, 0.6) is 0 Å². The average Bonchev–Trinajstić information content (AvgIpc) is 2.70. The summed E-state index contributed by atoms with van der Waals surface area (Å²) in [5.74, 6) is 0.510. The molecule has 0 aromatic carbocycles. The Morgan fingerprint density at radius 2 is 2.06 bits per heavy atom. The SMILES string of the molecule is O=S(=O)(O)c1cccnc1CC1CCCC1. The standard InChI is InChI=1S/C11H15NO3S/c13-16(14,15)11-6-3-7-12-10(11)8-9-4-1-2-5-9/h3,6-7,9H,1-2,4-5,8H2,(H,13,14,15). The highest BCUT2D eigenvalue weighted by atomic mass is 32.2. The molecule has 0 amide bonds. The predicted molar refractivity (Wildman–Crippen MR) is 59.7 cm³/mol. The zero-order valence-electron chi connectivity index (χ0n) is 8.96. The van der Waals surface area contributed by atoms with Crippen molar-refractivity contribution in [1.82, 2.24) is 4.98 Å². The molecule has 0 atom stereocenters. The highest BCUT2D eigenvalue weighted by Gasteiger charge is 2.21. The number of pyridine rings is 1. The van der Waals surface area contributed by atoms with Crippen molar-refractivity contribution in [2.24, 2.45) is 5.92 Å². The Balaban J connectivity index is 2.26. The largest absolute Gasteiger partial charge is 0.296 e. The molecule has 1 N–H and O–H groups in total.